The molecule has 0 aromatic carbocycles. The molecule has 1 aromatic heterocycles. The molecule has 1 aromatic rings. The summed E-state index contributed by atoms with van der Waals surface area (Å²) in [6.07, 6.45) is 5.84. The third-order valence-electron chi connectivity index (χ3n) is 3.62. The third-order valence-corrected chi connectivity index (χ3v) is 4.15. The summed E-state index contributed by atoms with van der Waals surface area (Å²) in [5.41, 5.74) is 2.03. The molecule has 0 radical (unpaired) electrons. The topological polar surface area (TPSA) is 57.7 Å². The number of nitrogens with zero attached hydrogens (tertiary/aromatic N) is 1. The van der Waals surface area contributed by atoms with Crippen LogP contribution in [0.3, 0.4) is 0 Å². The summed E-state index contributed by atoms with van der Waals surface area (Å²) in [6, 6.07) is 3.63. The highest BCUT2D eigenvalue weighted by atomic mass is 32.1. The number of pyridine rings is 1. The number of hydrogen-bond donors (Lipinski definition) is 1. The Morgan fingerprint density at radius 3 is 2.88 bits per heavy atom. The van der Waals surface area contributed by atoms with Crippen LogP contribution in [-0.4, -0.2) is 42.3 Å². The van der Waals surface area contributed by atoms with E-state index in [1.165, 1.54) is 0 Å². The average molecular weight is 349 g/mol. The molecule has 1 aliphatic rings. The number of aromatic nitrogens is 1. The van der Waals surface area contributed by atoms with Crippen LogP contribution in [0.4, 0.5) is 0 Å². The highest BCUT2D eigenvalue weighted by molar-refractivity contribution is 7.81. The lowest BCUT2D eigenvalue weighted by Crippen LogP contribution is -2.20. The van der Waals surface area contributed by atoms with Crippen molar-refractivity contribution in [3.63, 3.8) is 0 Å². The zero-order chi connectivity index (χ0) is 17.4. The van der Waals surface area contributed by atoms with E-state index >= 15 is 0 Å². The molecule has 6 heteroatoms. The number of ether oxygens (including phenoxy) is 3. The van der Waals surface area contributed by atoms with Crippen LogP contribution >= 0.6 is 12.6 Å². The first-order valence-electron chi connectivity index (χ1n) is 8.00. The molecule has 1 fully saturated rings. The second kappa shape index (κ2) is 9.61. The maximum Gasteiger partial charge on any atom is 0.338 e. The smallest absolute Gasteiger partial charge is 0.338 e. The van der Waals surface area contributed by atoms with Gasteiger partial charge in [0.15, 0.2) is 6.29 Å². The zero-order valence-electron chi connectivity index (χ0n) is 13.8. The maximum absolute atomic E-state index is 12.6. The predicted octanol–water partition coefficient (Wildman–Crippen LogP) is 3.04. The zero-order valence-corrected chi connectivity index (χ0v) is 14.7. The Morgan fingerprint density at radius 2 is 2.29 bits per heavy atom. The Morgan fingerprint density at radius 1 is 1.54 bits per heavy atom. The van der Waals surface area contributed by atoms with Crippen LogP contribution < -0.4 is 0 Å². The van der Waals surface area contributed by atoms with Crippen molar-refractivity contribution >= 4 is 24.2 Å². The van der Waals surface area contributed by atoms with Gasteiger partial charge in [-0.15, -0.1) is 6.58 Å². The molecule has 0 saturated carbocycles. The first-order chi connectivity index (χ1) is 11.7. The van der Waals surface area contributed by atoms with Crippen molar-refractivity contribution in [2.24, 2.45) is 0 Å². The van der Waals surface area contributed by atoms with Crippen molar-refractivity contribution in [2.75, 3.05) is 19.8 Å². The molecule has 0 aliphatic carbocycles. The lowest BCUT2D eigenvalue weighted by molar-refractivity contribution is -0.136. The molecule has 1 saturated heterocycles. The lowest BCUT2D eigenvalue weighted by atomic mass is 9.94. The molecular weight excluding hydrogens is 326 g/mol. The summed E-state index contributed by atoms with van der Waals surface area (Å²) < 4.78 is 16.2. The normalized spacial score (nSPS) is 17.2. The number of carbonyl (C=O) groups is 1. The van der Waals surface area contributed by atoms with E-state index in [1.807, 2.05) is 6.07 Å². The van der Waals surface area contributed by atoms with E-state index in [-0.39, 0.29) is 17.5 Å². The lowest BCUT2D eigenvalue weighted by Gasteiger charge is -2.21. The second-order valence-electron chi connectivity index (χ2n) is 5.28. The third kappa shape index (κ3) is 4.93. The van der Waals surface area contributed by atoms with E-state index in [2.05, 4.69) is 11.6 Å². The van der Waals surface area contributed by atoms with Crippen molar-refractivity contribution in [3.8, 4) is 0 Å². The van der Waals surface area contributed by atoms with Crippen LogP contribution in [-0.2, 0) is 19.0 Å². The fraction of sp³-hybridized carbons (Fsp3) is 0.444. The quantitative estimate of drug-likeness (QED) is 0.338. The van der Waals surface area contributed by atoms with Gasteiger partial charge in [-0.2, -0.15) is 12.6 Å². The molecule has 0 N–H and O–H groups in total. The van der Waals surface area contributed by atoms with E-state index in [4.69, 9.17) is 26.8 Å². The first-order valence-corrected chi connectivity index (χ1v) is 8.51. The van der Waals surface area contributed by atoms with Gasteiger partial charge in [-0.05, 0) is 25.0 Å². The van der Waals surface area contributed by atoms with E-state index in [9.17, 15) is 4.79 Å². The van der Waals surface area contributed by atoms with E-state index in [0.717, 1.165) is 5.57 Å². The molecule has 2 heterocycles. The van der Waals surface area contributed by atoms with Gasteiger partial charge in [0.05, 0.1) is 25.4 Å². The van der Waals surface area contributed by atoms with Crippen molar-refractivity contribution < 1.29 is 19.0 Å². The number of rotatable bonds is 8. The summed E-state index contributed by atoms with van der Waals surface area (Å²) in [7, 11) is 0. The van der Waals surface area contributed by atoms with Crippen molar-refractivity contribution in [1.82, 2.24) is 4.98 Å². The molecule has 0 amide bonds. The van der Waals surface area contributed by atoms with Gasteiger partial charge < -0.3 is 14.2 Å². The van der Waals surface area contributed by atoms with Gasteiger partial charge in [0, 0.05) is 29.6 Å². The van der Waals surface area contributed by atoms with Gasteiger partial charge in [-0.1, -0.05) is 12.1 Å². The Bertz CT molecular complexity index is 582. The molecule has 24 heavy (non-hydrogen) atoms. The second-order valence-corrected chi connectivity index (χ2v) is 5.90. The maximum atomic E-state index is 12.6. The van der Waals surface area contributed by atoms with E-state index in [1.54, 1.807) is 31.5 Å². The molecule has 1 atom stereocenters. The highest BCUT2D eigenvalue weighted by Gasteiger charge is 2.26. The van der Waals surface area contributed by atoms with Crippen LogP contribution in [0.1, 0.15) is 25.3 Å². The highest BCUT2D eigenvalue weighted by Crippen LogP contribution is 2.30. The summed E-state index contributed by atoms with van der Waals surface area (Å²) in [5.74, 6) is -0.380. The van der Waals surface area contributed by atoms with E-state index < -0.39 is 0 Å². The Labute approximate surface area is 148 Å². The average Bonchev–Trinajstić information content (AvgIpc) is 3.08. The van der Waals surface area contributed by atoms with Gasteiger partial charge in [-0.25, -0.2) is 4.79 Å². The summed E-state index contributed by atoms with van der Waals surface area (Å²) >= 11 is 4.69. The summed E-state index contributed by atoms with van der Waals surface area (Å²) in [4.78, 5) is 16.7. The Kier molecular flexibility index (Phi) is 7.49. The van der Waals surface area contributed by atoms with Crippen LogP contribution in [0.2, 0.25) is 0 Å². The predicted molar refractivity (Wildman–Crippen MR) is 95.7 cm³/mol. The number of allylic oxidation sites excluding steroid dienone is 1. The number of esters is 1. The van der Waals surface area contributed by atoms with E-state index in [0.29, 0.717) is 43.8 Å². The summed E-state index contributed by atoms with van der Waals surface area (Å²) in [5, 5.41) is -0.217. The minimum absolute atomic E-state index is 0.217. The minimum atomic E-state index is -0.380. The Hall–Kier alpha value is -1.63. The molecule has 1 unspecified atom stereocenters. The van der Waals surface area contributed by atoms with Crippen LogP contribution in [0, 0.1) is 0 Å². The van der Waals surface area contributed by atoms with Crippen molar-refractivity contribution in [2.45, 2.75) is 31.3 Å². The number of carbonyl (C=O) groups excluding carboxylic acids is 1. The van der Waals surface area contributed by atoms with Gasteiger partial charge >= 0.3 is 5.97 Å². The van der Waals surface area contributed by atoms with Crippen molar-refractivity contribution in [3.05, 3.63) is 48.3 Å². The molecule has 0 bridgehead atoms. The summed E-state index contributed by atoms with van der Waals surface area (Å²) in [6.45, 7) is 7.05. The standard InChI is InChI=1S/C18H23NO4S/c1-3-6-14(15(24)11-16-22-9-10-23-16)17(18(20)21-4-2)13-7-5-8-19-12-13/h3,5,7-8,12,15-16,24H,1,4,6,9-11H2,2H3. The molecule has 5 nitrogen and oxygen atoms in total. The minimum Gasteiger partial charge on any atom is -0.462 e. The van der Waals surface area contributed by atoms with Crippen LogP contribution in [0.5, 0.6) is 0 Å². The molecule has 1 aliphatic heterocycles. The molecular formula is C18H23NO4S. The van der Waals surface area contributed by atoms with Gasteiger partial charge in [0.2, 0.25) is 0 Å². The van der Waals surface area contributed by atoms with Gasteiger partial charge in [0.25, 0.3) is 0 Å². The SMILES string of the molecule is C=CCC(=C(C(=O)OCC)c1cccnc1)C(S)CC1OCCO1. The van der Waals surface area contributed by atoms with Crippen LogP contribution in [0.25, 0.3) is 5.57 Å². The fourth-order valence-electron chi connectivity index (χ4n) is 2.58. The largest absolute Gasteiger partial charge is 0.462 e. The fourth-order valence-corrected chi connectivity index (χ4v) is 2.98. The monoisotopic (exact) mass is 349 g/mol. The molecule has 130 valence electrons. The molecule has 2 rings (SSSR count). The van der Waals surface area contributed by atoms with Gasteiger partial charge in [-0.3, -0.25) is 4.98 Å². The van der Waals surface area contributed by atoms with Crippen molar-refractivity contribution in [1.29, 1.82) is 0 Å². The first kappa shape index (κ1) is 18.7. The number of thiol groups is 1. The van der Waals surface area contributed by atoms with Crippen LogP contribution in [0.15, 0.2) is 42.8 Å². The number of hydrogen-bond acceptors (Lipinski definition) is 6. The van der Waals surface area contributed by atoms with Gasteiger partial charge in [0.1, 0.15) is 0 Å². The molecule has 0 spiro atoms. The Balaban J connectivity index is 2.39.